The number of hydrogen-bond acceptors (Lipinski definition) is 6. The molecule has 1 aromatic heterocycles. The number of nitrogens with zero attached hydrogens (tertiary/aromatic N) is 2. The first-order valence-corrected chi connectivity index (χ1v) is 12.3. The maximum Gasteiger partial charge on any atom is 0.294 e. The van der Waals surface area contributed by atoms with Gasteiger partial charge in [0.15, 0.2) is 0 Å². The van der Waals surface area contributed by atoms with Crippen molar-refractivity contribution in [1.82, 2.24) is 4.98 Å². The first-order valence-electron chi connectivity index (χ1n) is 9.43. The smallest absolute Gasteiger partial charge is 0.282 e. The van der Waals surface area contributed by atoms with Crippen molar-refractivity contribution in [2.75, 3.05) is 0 Å². The molecule has 1 aliphatic heterocycles. The van der Waals surface area contributed by atoms with E-state index in [4.69, 9.17) is 0 Å². The molecule has 2 aromatic carbocycles. The van der Waals surface area contributed by atoms with Crippen molar-refractivity contribution in [3.63, 3.8) is 0 Å². The van der Waals surface area contributed by atoms with Gasteiger partial charge in [-0.3, -0.25) is 19.1 Å². The van der Waals surface area contributed by atoms with Gasteiger partial charge in [0.1, 0.15) is 0 Å². The summed E-state index contributed by atoms with van der Waals surface area (Å²) in [5, 5.41) is 0. The molecule has 0 bridgehead atoms. The summed E-state index contributed by atoms with van der Waals surface area (Å²) in [6, 6.07) is 16.8. The maximum atomic E-state index is 12.2. The molecular formula is C22H18N2O6S2. The standard InChI is InChI=1S/C22H18N2O6S2/c25-31(26,27)20-10-3-1-7-16(20)22(17-8-2-4-11-21(17)32(28,29)30)12-14-24-19(15-22)18-9-5-6-13-23-18/h1-14H,15H2,(H,25,26,27)(H,28,29,30). The molecule has 2 heterocycles. The van der Waals surface area contributed by atoms with Gasteiger partial charge in [0.25, 0.3) is 20.2 Å². The summed E-state index contributed by atoms with van der Waals surface area (Å²) in [5.41, 5.74) is -0.123. The van der Waals surface area contributed by atoms with Crippen molar-refractivity contribution < 1.29 is 25.9 Å². The van der Waals surface area contributed by atoms with Gasteiger partial charge in [0.2, 0.25) is 0 Å². The van der Waals surface area contributed by atoms with E-state index in [0.717, 1.165) is 0 Å². The quantitative estimate of drug-likeness (QED) is 0.547. The number of pyridine rings is 1. The number of rotatable bonds is 5. The average Bonchev–Trinajstić information content (AvgIpc) is 2.78. The fourth-order valence-electron chi connectivity index (χ4n) is 3.95. The summed E-state index contributed by atoms with van der Waals surface area (Å²) in [5.74, 6) is 0. The second kappa shape index (κ2) is 8.06. The average molecular weight is 471 g/mol. The van der Waals surface area contributed by atoms with Gasteiger partial charge in [-0.05, 0) is 35.4 Å². The molecule has 0 spiro atoms. The minimum atomic E-state index is -4.66. The summed E-state index contributed by atoms with van der Waals surface area (Å²) in [7, 11) is -9.32. The van der Waals surface area contributed by atoms with E-state index in [1.165, 1.54) is 42.6 Å². The van der Waals surface area contributed by atoms with Crippen molar-refractivity contribution in [1.29, 1.82) is 0 Å². The van der Waals surface area contributed by atoms with Gasteiger partial charge in [-0.1, -0.05) is 48.5 Å². The predicted octanol–water partition coefficient (Wildman–Crippen LogP) is 3.27. The molecule has 1 aliphatic rings. The number of hydrogen-bond donors (Lipinski definition) is 2. The molecule has 0 atom stereocenters. The number of allylic oxidation sites excluding steroid dienone is 1. The van der Waals surface area contributed by atoms with Gasteiger partial charge >= 0.3 is 0 Å². The molecule has 4 rings (SSSR count). The molecule has 0 amide bonds. The fourth-order valence-corrected chi connectivity index (χ4v) is 5.51. The van der Waals surface area contributed by atoms with Crippen LogP contribution in [-0.2, 0) is 25.7 Å². The van der Waals surface area contributed by atoms with Crippen LogP contribution < -0.4 is 0 Å². The molecule has 8 nitrogen and oxygen atoms in total. The van der Waals surface area contributed by atoms with Gasteiger partial charge in [-0.15, -0.1) is 0 Å². The summed E-state index contributed by atoms with van der Waals surface area (Å²) >= 11 is 0. The molecule has 0 saturated heterocycles. The van der Waals surface area contributed by atoms with Crippen LogP contribution in [0.25, 0.3) is 0 Å². The highest BCUT2D eigenvalue weighted by atomic mass is 32.2. The summed E-state index contributed by atoms with van der Waals surface area (Å²) < 4.78 is 68.7. The molecular weight excluding hydrogens is 452 g/mol. The third-order valence-corrected chi connectivity index (χ3v) is 7.11. The molecule has 0 radical (unpaired) electrons. The molecule has 2 N–H and O–H groups in total. The molecule has 0 unspecified atom stereocenters. The van der Waals surface area contributed by atoms with Gasteiger partial charge < -0.3 is 0 Å². The van der Waals surface area contributed by atoms with Crippen LogP contribution in [0.4, 0.5) is 0 Å². The summed E-state index contributed by atoms with van der Waals surface area (Å²) in [6.45, 7) is 0. The minimum absolute atomic E-state index is 0.0274. The SMILES string of the molecule is O=S(=O)(O)c1ccccc1C1(c2ccccc2S(=O)(=O)O)C=CN=C(c2ccccn2)C1. The zero-order valence-corrected chi connectivity index (χ0v) is 18.2. The Morgan fingerprint density at radius 1 is 0.750 bits per heavy atom. The molecule has 0 aliphatic carbocycles. The molecule has 10 heteroatoms. The van der Waals surface area contributed by atoms with E-state index < -0.39 is 25.7 Å². The normalized spacial score (nSPS) is 15.9. The maximum absolute atomic E-state index is 12.2. The van der Waals surface area contributed by atoms with E-state index in [-0.39, 0.29) is 27.3 Å². The van der Waals surface area contributed by atoms with Crippen LogP contribution >= 0.6 is 0 Å². The van der Waals surface area contributed by atoms with E-state index in [1.54, 1.807) is 42.6 Å². The third kappa shape index (κ3) is 4.00. The Bertz CT molecular complexity index is 1370. The Labute approximate surface area is 185 Å². The van der Waals surface area contributed by atoms with E-state index in [0.29, 0.717) is 11.4 Å². The number of benzene rings is 2. The van der Waals surface area contributed by atoms with Crippen LogP contribution in [0.1, 0.15) is 23.2 Å². The highest BCUT2D eigenvalue weighted by Crippen LogP contribution is 2.45. The fraction of sp³-hybridized carbons (Fsp3) is 0.0909. The van der Waals surface area contributed by atoms with Crippen LogP contribution in [-0.4, -0.2) is 36.6 Å². The number of aromatic nitrogens is 1. The van der Waals surface area contributed by atoms with E-state index in [2.05, 4.69) is 9.98 Å². The van der Waals surface area contributed by atoms with Crippen molar-refractivity contribution in [3.05, 3.63) is 102 Å². The molecule has 164 valence electrons. The molecule has 0 fully saturated rings. The van der Waals surface area contributed by atoms with Gasteiger partial charge in [-0.2, -0.15) is 16.8 Å². The van der Waals surface area contributed by atoms with Crippen LogP contribution in [0, 0.1) is 0 Å². The molecule has 3 aromatic rings. The zero-order valence-electron chi connectivity index (χ0n) is 16.5. The molecule has 32 heavy (non-hydrogen) atoms. The Balaban J connectivity index is 2.06. The summed E-state index contributed by atoms with van der Waals surface area (Å²) in [6.07, 6.45) is 4.61. The van der Waals surface area contributed by atoms with Crippen molar-refractivity contribution in [3.8, 4) is 0 Å². The summed E-state index contributed by atoms with van der Waals surface area (Å²) in [4.78, 5) is 7.92. The van der Waals surface area contributed by atoms with Crippen LogP contribution in [0.5, 0.6) is 0 Å². The van der Waals surface area contributed by atoms with Crippen molar-refractivity contribution >= 4 is 25.9 Å². The lowest BCUT2D eigenvalue weighted by Crippen LogP contribution is -2.34. The predicted molar refractivity (Wildman–Crippen MR) is 118 cm³/mol. The second-order valence-corrected chi connectivity index (χ2v) is 9.98. The van der Waals surface area contributed by atoms with Crippen LogP contribution in [0.3, 0.4) is 0 Å². The lowest BCUT2D eigenvalue weighted by molar-refractivity contribution is 0.477. The first kappa shape index (κ1) is 22.0. The number of aliphatic imine (C=N–C) groups is 1. The van der Waals surface area contributed by atoms with E-state index >= 15 is 0 Å². The van der Waals surface area contributed by atoms with Crippen LogP contribution in [0.2, 0.25) is 0 Å². The lowest BCUT2D eigenvalue weighted by Gasteiger charge is -2.36. The minimum Gasteiger partial charge on any atom is -0.282 e. The Morgan fingerprint density at radius 2 is 1.28 bits per heavy atom. The van der Waals surface area contributed by atoms with Crippen LogP contribution in [0.15, 0.2) is 100.0 Å². The highest BCUT2D eigenvalue weighted by Gasteiger charge is 2.42. The highest BCUT2D eigenvalue weighted by molar-refractivity contribution is 7.86. The lowest BCUT2D eigenvalue weighted by atomic mass is 9.69. The van der Waals surface area contributed by atoms with Crippen molar-refractivity contribution in [2.24, 2.45) is 4.99 Å². The Morgan fingerprint density at radius 3 is 1.78 bits per heavy atom. The topological polar surface area (TPSA) is 134 Å². The Hall–Kier alpha value is -3.18. The molecule has 0 saturated carbocycles. The Kier molecular flexibility index (Phi) is 5.55. The largest absolute Gasteiger partial charge is 0.294 e. The monoisotopic (exact) mass is 470 g/mol. The second-order valence-electron chi connectivity index (χ2n) is 7.20. The first-order chi connectivity index (χ1) is 15.1. The van der Waals surface area contributed by atoms with Gasteiger partial charge in [0, 0.05) is 24.2 Å². The van der Waals surface area contributed by atoms with Gasteiger partial charge in [-0.25, -0.2) is 0 Å². The zero-order chi connectivity index (χ0) is 23.0. The van der Waals surface area contributed by atoms with Crippen molar-refractivity contribution in [2.45, 2.75) is 21.6 Å². The van der Waals surface area contributed by atoms with E-state index in [9.17, 15) is 25.9 Å². The van der Waals surface area contributed by atoms with Gasteiger partial charge in [0.05, 0.1) is 21.2 Å². The third-order valence-electron chi connectivity index (χ3n) is 5.29. The van der Waals surface area contributed by atoms with E-state index in [1.807, 2.05) is 0 Å².